The number of rotatable bonds is 8. The van der Waals surface area contributed by atoms with Gasteiger partial charge in [-0.3, -0.25) is 0 Å². The van der Waals surface area contributed by atoms with Gasteiger partial charge in [0.25, 0.3) is 0 Å². The molecule has 8 fully saturated rings. The Morgan fingerprint density at radius 1 is 0.769 bits per heavy atom. The van der Waals surface area contributed by atoms with Crippen LogP contribution in [0.1, 0.15) is 109 Å². The molecule has 10 rings (SSSR count). The van der Waals surface area contributed by atoms with Crippen molar-refractivity contribution in [3.63, 3.8) is 0 Å². The van der Waals surface area contributed by atoms with Crippen LogP contribution in [0.2, 0.25) is 0 Å². The van der Waals surface area contributed by atoms with Crippen molar-refractivity contribution in [1.82, 2.24) is 0 Å². The van der Waals surface area contributed by atoms with Crippen molar-refractivity contribution in [2.75, 3.05) is 6.16 Å². The summed E-state index contributed by atoms with van der Waals surface area (Å²) in [6.45, 7) is 2.49. The number of hydrogen-bond acceptors (Lipinski definition) is 1. The first-order valence-corrected chi connectivity index (χ1v) is 21.9. The number of hydrogen-bond donors (Lipinski definition) is 1. The van der Waals surface area contributed by atoms with Gasteiger partial charge in [-0.1, -0.05) is 0 Å². The first-order chi connectivity index (χ1) is 18.9. The van der Waals surface area contributed by atoms with Crippen LogP contribution in [0.5, 0.6) is 0 Å². The zero-order chi connectivity index (χ0) is 26.3. The summed E-state index contributed by atoms with van der Waals surface area (Å²) in [5.41, 5.74) is 9.05. The van der Waals surface area contributed by atoms with E-state index in [1.165, 1.54) is 24.0 Å². The third-order valence-electron chi connectivity index (χ3n) is 13.1. The van der Waals surface area contributed by atoms with E-state index in [4.69, 9.17) is 5.73 Å². The van der Waals surface area contributed by atoms with Crippen molar-refractivity contribution in [2.24, 2.45) is 41.2 Å². The molecule has 39 heavy (non-hydrogen) atoms. The molecule has 8 saturated carbocycles. The Hall–Kier alpha value is -0.248. The second-order valence-corrected chi connectivity index (χ2v) is 26.5. The predicted octanol–water partition coefficient (Wildman–Crippen LogP) is 9.17. The number of allylic oxidation sites excluding steroid dienone is 2. The summed E-state index contributed by atoms with van der Waals surface area (Å²) in [6.07, 6.45) is 31.9. The van der Waals surface area contributed by atoms with E-state index >= 15 is 0 Å². The molecule has 0 radical (unpaired) electrons. The Kier molecular flexibility index (Phi) is 6.52. The molecular formula is C36H52NPPd. The van der Waals surface area contributed by atoms with Gasteiger partial charge in [-0.15, -0.1) is 0 Å². The molecule has 0 spiro atoms. The van der Waals surface area contributed by atoms with E-state index in [0.717, 1.165) is 41.9 Å². The van der Waals surface area contributed by atoms with Crippen LogP contribution < -0.4 is 5.73 Å². The van der Waals surface area contributed by atoms with Crippen molar-refractivity contribution in [3.8, 4) is 0 Å². The molecule has 0 aromatic heterocycles. The molecule has 1 nitrogen and oxygen atoms in total. The van der Waals surface area contributed by atoms with Crippen LogP contribution in [0.25, 0.3) is 5.57 Å². The minimum atomic E-state index is -1.80. The average molecular weight is 636 g/mol. The van der Waals surface area contributed by atoms with Gasteiger partial charge in [-0.05, 0) is 0 Å². The maximum absolute atomic E-state index is 7.97. The predicted molar refractivity (Wildman–Crippen MR) is 165 cm³/mol. The van der Waals surface area contributed by atoms with Crippen LogP contribution >= 0.6 is 5.45 Å². The zero-order valence-electron chi connectivity index (χ0n) is 24.3. The van der Waals surface area contributed by atoms with Gasteiger partial charge < -0.3 is 0 Å². The van der Waals surface area contributed by atoms with Crippen molar-refractivity contribution in [2.45, 2.75) is 118 Å². The molecule has 9 aliphatic carbocycles. The van der Waals surface area contributed by atoms with Gasteiger partial charge in [0.1, 0.15) is 0 Å². The summed E-state index contributed by atoms with van der Waals surface area (Å²) in [5, 5.41) is 1.40. The first-order valence-electron chi connectivity index (χ1n) is 16.8. The van der Waals surface area contributed by atoms with E-state index in [0.29, 0.717) is 27.8 Å². The van der Waals surface area contributed by atoms with Crippen LogP contribution in [0, 0.1) is 35.5 Å². The molecule has 1 unspecified atom stereocenters. The standard InChI is InChI=1S/C24H39P.C12H12N.Pd/c1-2-3-4-25(23-11-17-5-18(12-23)7-19(6-17)13-23)24-14-20-8-21(15-24)10-22(9-20)16-24;13-12-9-5-4-8-11(12)10-6-2-1-3-7-10;/h17-22H,2-16H2,1H3;1-8H,9,13H2;/q;;-1/p+1. The van der Waals surface area contributed by atoms with Crippen LogP contribution in [0.15, 0.2) is 48.6 Å². The second-order valence-electron chi connectivity index (χ2n) is 15.7. The number of nitrogens with two attached hydrogens (primary N) is 1. The van der Waals surface area contributed by atoms with Crippen molar-refractivity contribution >= 4 is 11.0 Å². The van der Waals surface area contributed by atoms with Gasteiger partial charge in [0.05, 0.1) is 0 Å². The summed E-state index contributed by atoms with van der Waals surface area (Å²) in [5.74, 6) is 6.31. The number of benzene rings is 1. The Labute approximate surface area is 246 Å². The molecule has 1 aromatic rings. The van der Waals surface area contributed by atoms with Crippen LogP contribution in [0.4, 0.5) is 0 Å². The Morgan fingerprint density at radius 2 is 1.26 bits per heavy atom. The second kappa shape index (κ2) is 9.63. The monoisotopic (exact) mass is 635 g/mol. The molecule has 8 bridgehead atoms. The first kappa shape index (κ1) is 26.4. The van der Waals surface area contributed by atoms with Gasteiger partial charge in [-0.25, -0.2) is 0 Å². The summed E-state index contributed by atoms with van der Waals surface area (Å²) in [6, 6.07) is 11.4. The molecule has 9 aliphatic rings. The van der Waals surface area contributed by atoms with E-state index in [2.05, 4.69) is 55.5 Å². The van der Waals surface area contributed by atoms with E-state index < -0.39 is 5.45 Å². The van der Waals surface area contributed by atoms with Gasteiger partial charge in [0, 0.05) is 0 Å². The van der Waals surface area contributed by atoms with Gasteiger partial charge >= 0.3 is 248 Å². The molecule has 0 aliphatic heterocycles. The van der Waals surface area contributed by atoms with Crippen LogP contribution in [-0.4, -0.2) is 20.5 Å². The van der Waals surface area contributed by atoms with Crippen molar-refractivity contribution in [3.05, 3.63) is 54.1 Å². The summed E-state index contributed by atoms with van der Waals surface area (Å²) < 4.78 is -0.142. The minimum absolute atomic E-state index is 0.142. The molecule has 0 saturated heterocycles. The quantitative estimate of drug-likeness (QED) is 0.224. The fourth-order valence-electron chi connectivity index (χ4n) is 12.8. The van der Waals surface area contributed by atoms with Gasteiger partial charge in [0.2, 0.25) is 0 Å². The van der Waals surface area contributed by atoms with E-state index in [1.54, 1.807) is 83.2 Å². The third-order valence-corrected chi connectivity index (χ3v) is 30.1. The molecule has 1 atom stereocenters. The van der Waals surface area contributed by atoms with Gasteiger partial charge in [-0.2, -0.15) is 0 Å². The Balaban J connectivity index is 1.30. The maximum atomic E-state index is 7.97. The normalized spacial score (nSPS) is 46.2. The topological polar surface area (TPSA) is 26.0 Å². The Morgan fingerprint density at radius 3 is 1.72 bits per heavy atom. The molecule has 2 N–H and O–H groups in total. The SMILES string of the molecule is CCCC[PH]([Pd][C]1(N)CC=CC=C1c1ccccc1)(C12CC3CC(CC(C3)C1)C2)C12CC3CC(CC(C3)C1)C2. The van der Waals surface area contributed by atoms with Crippen molar-refractivity contribution in [1.29, 1.82) is 0 Å². The van der Waals surface area contributed by atoms with E-state index in [9.17, 15) is 0 Å². The molecule has 1 aromatic carbocycles. The van der Waals surface area contributed by atoms with Crippen LogP contribution in [0.3, 0.4) is 0 Å². The van der Waals surface area contributed by atoms with E-state index in [-0.39, 0.29) is 4.01 Å². The molecule has 3 heteroatoms. The van der Waals surface area contributed by atoms with Crippen molar-refractivity contribution < 1.29 is 17.5 Å². The summed E-state index contributed by atoms with van der Waals surface area (Å²) >= 11 is 0.686. The summed E-state index contributed by atoms with van der Waals surface area (Å²) in [4.78, 5) is 0. The van der Waals surface area contributed by atoms with Gasteiger partial charge in [0.15, 0.2) is 0 Å². The fraction of sp³-hybridized carbons (Fsp3) is 0.722. The molecular weight excluding hydrogens is 584 g/mol. The van der Waals surface area contributed by atoms with Crippen LogP contribution in [-0.2, 0) is 17.5 Å². The van der Waals surface area contributed by atoms with E-state index in [1.807, 2.05) is 0 Å². The number of unbranched alkanes of at least 4 members (excludes halogenated alkanes) is 1. The average Bonchev–Trinajstić information content (AvgIpc) is 2.90. The zero-order valence-corrected chi connectivity index (χ0v) is 26.8. The fourth-order valence-corrected chi connectivity index (χ4v) is 32.3. The summed E-state index contributed by atoms with van der Waals surface area (Å²) in [7, 11) is 0. The molecule has 0 heterocycles. The Bertz CT molecular complexity index is 1040. The molecule has 216 valence electrons. The molecule has 0 amide bonds. The third kappa shape index (κ3) is 4.08.